The van der Waals surface area contributed by atoms with Gasteiger partial charge in [-0.1, -0.05) is 42.6 Å². The Morgan fingerprint density at radius 3 is 2.40 bits per heavy atom. The fourth-order valence-electron chi connectivity index (χ4n) is 2.01. The number of sulfonamides is 1. The van der Waals surface area contributed by atoms with E-state index in [1.807, 2.05) is 13.8 Å². The van der Waals surface area contributed by atoms with Gasteiger partial charge in [-0.25, -0.2) is 13.1 Å². The first-order valence-electron chi connectivity index (χ1n) is 7.01. The maximum atomic E-state index is 12.3. The van der Waals surface area contributed by atoms with Crippen molar-refractivity contribution in [2.24, 2.45) is 5.92 Å². The Morgan fingerprint density at radius 1 is 1.20 bits per heavy atom. The number of nitrogens with one attached hydrogen (secondary N) is 1. The molecule has 1 atom stereocenters. The predicted molar refractivity (Wildman–Crippen MR) is 87.4 cm³/mol. The van der Waals surface area contributed by atoms with Crippen LogP contribution in [0.1, 0.15) is 45.6 Å². The first kappa shape index (κ1) is 17.7. The molecule has 20 heavy (non-hydrogen) atoms. The molecule has 0 aromatic heterocycles. The van der Waals surface area contributed by atoms with E-state index in [-0.39, 0.29) is 6.04 Å². The number of aryl methyl sites for hydroxylation is 1. The van der Waals surface area contributed by atoms with Crippen LogP contribution in [0.2, 0.25) is 0 Å². The molecule has 0 saturated carbocycles. The maximum Gasteiger partial charge on any atom is 0.240 e. The lowest BCUT2D eigenvalue weighted by Gasteiger charge is -2.15. The predicted octanol–water partition coefficient (Wildman–Crippen LogP) is 4.25. The minimum absolute atomic E-state index is 0.0392. The van der Waals surface area contributed by atoms with E-state index in [1.165, 1.54) is 0 Å². The third kappa shape index (κ3) is 5.54. The first-order valence-corrected chi connectivity index (χ1v) is 9.28. The summed E-state index contributed by atoms with van der Waals surface area (Å²) in [7, 11) is -3.42. The molecule has 1 unspecified atom stereocenters. The summed E-state index contributed by atoms with van der Waals surface area (Å²) in [6.07, 6.45) is 3.04. The van der Waals surface area contributed by atoms with Gasteiger partial charge in [0.1, 0.15) is 0 Å². The summed E-state index contributed by atoms with van der Waals surface area (Å²) in [5.74, 6) is 0.660. The van der Waals surface area contributed by atoms with E-state index in [2.05, 4.69) is 34.5 Å². The fourth-order valence-corrected chi connectivity index (χ4v) is 3.62. The highest BCUT2D eigenvalue weighted by atomic mass is 79.9. The molecule has 3 nitrogen and oxygen atoms in total. The number of rotatable bonds is 7. The summed E-state index contributed by atoms with van der Waals surface area (Å²) in [5, 5.41) is 0. The topological polar surface area (TPSA) is 46.2 Å². The Labute approximate surface area is 131 Å². The molecule has 0 aliphatic heterocycles. The molecule has 0 aliphatic rings. The van der Waals surface area contributed by atoms with Crippen LogP contribution in [0.15, 0.2) is 27.6 Å². The second kappa shape index (κ2) is 7.57. The second-order valence-electron chi connectivity index (χ2n) is 5.76. The smallest absolute Gasteiger partial charge is 0.208 e. The highest BCUT2D eigenvalue weighted by Crippen LogP contribution is 2.20. The summed E-state index contributed by atoms with van der Waals surface area (Å²) in [5.41, 5.74) is 0.917. The molecule has 0 aliphatic carbocycles. The zero-order valence-electron chi connectivity index (χ0n) is 12.6. The molecule has 5 heteroatoms. The monoisotopic (exact) mass is 361 g/mol. The van der Waals surface area contributed by atoms with Gasteiger partial charge in [0.25, 0.3) is 0 Å². The highest BCUT2D eigenvalue weighted by molar-refractivity contribution is 9.10. The SMILES string of the molecule is Cc1cc(S(=O)(=O)NC(C)CCCC(C)C)ccc1Br. The summed E-state index contributed by atoms with van der Waals surface area (Å²) < 4.78 is 28.2. The molecule has 1 aromatic carbocycles. The van der Waals surface area contributed by atoms with Crippen molar-refractivity contribution in [2.75, 3.05) is 0 Å². The van der Waals surface area contributed by atoms with Gasteiger partial charge in [0.15, 0.2) is 0 Å². The van der Waals surface area contributed by atoms with Gasteiger partial charge < -0.3 is 0 Å². The summed E-state index contributed by atoms with van der Waals surface area (Å²) >= 11 is 3.38. The largest absolute Gasteiger partial charge is 0.240 e. The van der Waals surface area contributed by atoms with Gasteiger partial charge in [0, 0.05) is 10.5 Å². The molecular weight excluding hydrogens is 338 g/mol. The van der Waals surface area contributed by atoms with Crippen LogP contribution >= 0.6 is 15.9 Å². The van der Waals surface area contributed by atoms with Gasteiger partial charge in [-0.05, 0) is 49.9 Å². The molecule has 1 N–H and O–H groups in total. The van der Waals surface area contributed by atoms with E-state index in [4.69, 9.17) is 0 Å². The van der Waals surface area contributed by atoms with E-state index in [0.717, 1.165) is 29.3 Å². The second-order valence-corrected chi connectivity index (χ2v) is 8.33. The van der Waals surface area contributed by atoms with Crippen molar-refractivity contribution in [3.05, 3.63) is 28.2 Å². The minimum atomic E-state index is -3.42. The van der Waals surface area contributed by atoms with Crippen molar-refractivity contribution in [3.63, 3.8) is 0 Å². The maximum absolute atomic E-state index is 12.3. The number of hydrogen-bond donors (Lipinski definition) is 1. The Hall–Kier alpha value is -0.390. The van der Waals surface area contributed by atoms with Crippen LogP contribution in [-0.2, 0) is 10.0 Å². The molecular formula is C15H24BrNO2S. The zero-order chi connectivity index (χ0) is 15.3. The fraction of sp³-hybridized carbons (Fsp3) is 0.600. The van der Waals surface area contributed by atoms with E-state index in [9.17, 15) is 8.42 Å². The molecule has 0 radical (unpaired) electrons. The summed E-state index contributed by atoms with van der Waals surface area (Å²) in [6, 6.07) is 5.04. The van der Waals surface area contributed by atoms with Crippen LogP contribution in [0.5, 0.6) is 0 Å². The van der Waals surface area contributed by atoms with Crippen LogP contribution in [0, 0.1) is 12.8 Å². The summed E-state index contributed by atoms with van der Waals surface area (Å²) in [6.45, 7) is 8.16. The van der Waals surface area contributed by atoms with Gasteiger partial charge in [-0.2, -0.15) is 0 Å². The van der Waals surface area contributed by atoms with Crippen molar-refractivity contribution < 1.29 is 8.42 Å². The highest BCUT2D eigenvalue weighted by Gasteiger charge is 2.17. The average Bonchev–Trinajstić information content (AvgIpc) is 2.31. The van der Waals surface area contributed by atoms with Gasteiger partial charge >= 0.3 is 0 Å². The molecule has 1 rings (SSSR count). The van der Waals surface area contributed by atoms with Crippen LogP contribution < -0.4 is 4.72 Å². The Morgan fingerprint density at radius 2 is 1.85 bits per heavy atom. The average molecular weight is 362 g/mol. The Bertz CT molecular complexity index is 541. The van der Waals surface area contributed by atoms with Crippen molar-refractivity contribution in [1.82, 2.24) is 4.72 Å². The summed E-state index contributed by atoms with van der Waals surface area (Å²) in [4.78, 5) is 0.328. The number of halogens is 1. The van der Waals surface area contributed by atoms with Gasteiger partial charge in [-0.15, -0.1) is 0 Å². The molecule has 0 heterocycles. The quantitative estimate of drug-likeness (QED) is 0.788. The molecule has 0 bridgehead atoms. The van der Waals surface area contributed by atoms with Crippen LogP contribution in [0.4, 0.5) is 0 Å². The van der Waals surface area contributed by atoms with E-state index in [1.54, 1.807) is 18.2 Å². The van der Waals surface area contributed by atoms with Crippen LogP contribution in [0.25, 0.3) is 0 Å². The van der Waals surface area contributed by atoms with Gasteiger partial charge in [-0.3, -0.25) is 0 Å². The molecule has 0 saturated heterocycles. The van der Waals surface area contributed by atoms with Crippen molar-refractivity contribution in [3.8, 4) is 0 Å². The van der Waals surface area contributed by atoms with Crippen molar-refractivity contribution >= 4 is 26.0 Å². The molecule has 0 fully saturated rings. The standard InChI is InChI=1S/C15H24BrNO2S/c1-11(2)6-5-7-13(4)17-20(18,19)14-8-9-15(16)12(3)10-14/h8-11,13,17H,5-7H2,1-4H3. The third-order valence-corrected chi connectivity index (χ3v) is 5.69. The first-order chi connectivity index (χ1) is 9.22. The Kier molecular flexibility index (Phi) is 6.69. The normalized spacial score (nSPS) is 13.7. The molecule has 0 spiro atoms. The molecule has 1 aromatic rings. The van der Waals surface area contributed by atoms with Gasteiger partial charge in [0.2, 0.25) is 10.0 Å². The van der Waals surface area contributed by atoms with Crippen LogP contribution in [0.3, 0.4) is 0 Å². The molecule has 0 amide bonds. The molecule has 114 valence electrons. The lowest BCUT2D eigenvalue weighted by molar-refractivity contribution is 0.488. The van der Waals surface area contributed by atoms with Crippen LogP contribution in [-0.4, -0.2) is 14.5 Å². The number of hydrogen-bond acceptors (Lipinski definition) is 2. The lowest BCUT2D eigenvalue weighted by Crippen LogP contribution is -2.32. The zero-order valence-corrected chi connectivity index (χ0v) is 15.0. The third-order valence-electron chi connectivity index (χ3n) is 3.21. The van der Waals surface area contributed by atoms with E-state index in [0.29, 0.717) is 10.8 Å². The van der Waals surface area contributed by atoms with E-state index < -0.39 is 10.0 Å². The number of benzene rings is 1. The van der Waals surface area contributed by atoms with E-state index >= 15 is 0 Å². The minimum Gasteiger partial charge on any atom is -0.208 e. The van der Waals surface area contributed by atoms with Gasteiger partial charge in [0.05, 0.1) is 4.90 Å². The van der Waals surface area contributed by atoms with Crippen molar-refractivity contribution in [1.29, 1.82) is 0 Å². The van der Waals surface area contributed by atoms with Crippen molar-refractivity contribution in [2.45, 2.75) is 57.9 Å². The Balaban J connectivity index is 2.67. The lowest BCUT2D eigenvalue weighted by atomic mass is 10.0.